The number of amides is 1. The second-order valence-electron chi connectivity index (χ2n) is 8.70. The van der Waals surface area contributed by atoms with E-state index in [2.05, 4.69) is 62.0 Å². The molecule has 2 heterocycles. The minimum absolute atomic E-state index is 0.0674. The molecule has 1 unspecified atom stereocenters. The van der Waals surface area contributed by atoms with Crippen LogP contribution in [0, 0.1) is 0 Å². The van der Waals surface area contributed by atoms with Crippen LogP contribution in [0.2, 0.25) is 0 Å². The van der Waals surface area contributed by atoms with Gasteiger partial charge in [-0.3, -0.25) is 9.59 Å². The molecule has 182 valence electrons. The van der Waals surface area contributed by atoms with Gasteiger partial charge in [-0.15, -0.1) is 10.2 Å². The monoisotopic (exact) mass is 474 g/mol. The summed E-state index contributed by atoms with van der Waals surface area (Å²) in [4.78, 5) is 26.0. The van der Waals surface area contributed by atoms with Crippen LogP contribution in [0.3, 0.4) is 0 Å². The van der Waals surface area contributed by atoms with E-state index in [0.29, 0.717) is 17.9 Å². The van der Waals surface area contributed by atoms with Crippen LogP contribution < -0.4 is 5.32 Å². The summed E-state index contributed by atoms with van der Waals surface area (Å²) in [6.45, 7) is 4.66. The lowest BCUT2D eigenvalue weighted by Gasteiger charge is -2.40. The fourth-order valence-electron chi connectivity index (χ4n) is 4.46. The number of benzene rings is 2. The Bertz CT molecular complexity index is 1200. The Morgan fingerprint density at radius 1 is 1.11 bits per heavy atom. The predicted molar refractivity (Wildman–Crippen MR) is 132 cm³/mol. The molecular formula is C26H30N6O3. The molecule has 1 amide bonds. The van der Waals surface area contributed by atoms with Gasteiger partial charge >= 0.3 is 5.97 Å². The van der Waals surface area contributed by atoms with Crippen LogP contribution in [0.5, 0.6) is 0 Å². The third-order valence-electron chi connectivity index (χ3n) is 6.37. The van der Waals surface area contributed by atoms with Crippen molar-refractivity contribution < 1.29 is 14.7 Å². The number of rotatable bonds is 10. The number of aromatic nitrogens is 4. The predicted octanol–water partition coefficient (Wildman–Crippen LogP) is 4.12. The summed E-state index contributed by atoms with van der Waals surface area (Å²) in [6.07, 6.45) is 2.89. The zero-order valence-corrected chi connectivity index (χ0v) is 20.0. The van der Waals surface area contributed by atoms with Crippen LogP contribution in [-0.4, -0.2) is 48.7 Å². The molecule has 0 radical (unpaired) electrons. The van der Waals surface area contributed by atoms with Crippen molar-refractivity contribution in [3.05, 3.63) is 65.4 Å². The molecule has 9 nitrogen and oxygen atoms in total. The molecule has 0 spiro atoms. The number of carboxylic acids is 1. The van der Waals surface area contributed by atoms with Crippen LogP contribution >= 0.6 is 0 Å². The first-order valence-corrected chi connectivity index (χ1v) is 11.9. The summed E-state index contributed by atoms with van der Waals surface area (Å²) in [6, 6.07) is 16.2. The summed E-state index contributed by atoms with van der Waals surface area (Å²) in [5, 5.41) is 26.6. The number of nitrogens with one attached hydrogen (secondary N) is 2. The van der Waals surface area contributed by atoms with Gasteiger partial charge in [0.15, 0.2) is 0 Å². The number of hydrogen-bond acceptors (Lipinski definition) is 6. The Kier molecular flexibility index (Phi) is 7.54. The maximum Gasteiger partial charge on any atom is 0.303 e. The smallest absolute Gasteiger partial charge is 0.303 e. The van der Waals surface area contributed by atoms with Gasteiger partial charge in [0.05, 0.1) is 0 Å². The van der Waals surface area contributed by atoms with Crippen molar-refractivity contribution in [3.63, 3.8) is 0 Å². The Balaban J connectivity index is 1.59. The zero-order chi connectivity index (χ0) is 24.8. The van der Waals surface area contributed by atoms with E-state index in [1.54, 1.807) is 0 Å². The number of carboxylic acid groups (broad SMARTS) is 1. The van der Waals surface area contributed by atoms with Gasteiger partial charge in [0.1, 0.15) is 6.17 Å². The molecule has 3 aromatic rings. The number of aliphatic carboxylic acids is 1. The highest BCUT2D eigenvalue weighted by Crippen LogP contribution is 2.31. The first-order valence-electron chi connectivity index (χ1n) is 11.9. The highest BCUT2D eigenvalue weighted by atomic mass is 16.4. The second kappa shape index (κ2) is 10.9. The molecule has 0 saturated heterocycles. The van der Waals surface area contributed by atoms with Crippen LogP contribution in [0.1, 0.15) is 51.5 Å². The molecule has 1 aromatic heterocycles. The van der Waals surface area contributed by atoms with Crippen molar-refractivity contribution >= 4 is 11.9 Å². The van der Waals surface area contributed by atoms with Crippen LogP contribution in [-0.2, 0) is 16.1 Å². The third kappa shape index (κ3) is 5.56. The van der Waals surface area contributed by atoms with Crippen LogP contribution in [0.4, 0.5) is 0 Å². The summed E-state index contributed by atoms with van der Waals surface area (Å²) in [5.41, 5.74) is 5.44. The lowest BCUT2D eigenvalue weighted by Crippen LogP contribution is -2.52. The molecule has 0 saturated carbocycles. The number of allylic oxidation sites excluding steroid dienone is 1. The normalized spacial score (nSPS) is 15.9. The van der Waals surface area contributed by atoms with Gasteiger partial charge in [-0.1, -0.05) is 61.9 Å². The average Bonchev–Trinajstić information content (AvgIpc) is 3.40. The average molecular weight is 475 g/mol. The van der Waals surface area contributed by atoms with Crippen molar-refractivity contribution in [2.45, 2.75) is 58.7 Å². The van der Waals surface area contributed by atoms with Gasteiger partial charge in [0, 0.05) is 29.8 Å². The first-order chi connectivity index (χ1) is 17.0. The zero-order valence-electron chi connectivity index (χ0n) is 20.0. The van der Waals surface area contributed by atoms with Crippen molar-refractivity contribution in [2.24, 2.45) is 0 Å². The summed E-state index contributed by atoms with van der Waals surface area (Å²) >= 11 is 0. The van der Waals surface area contributed by atoms with Gasteiger partial charge in [0.2, 0.25) is 5.82 Å². The lowest BCUT2D eigenvalue weighted by atomic mass is 9.97. The minimum Gasteiger partial charge on any atom is -0.481 e. The Morgan fingerprint density at radius 2 is 1.86 bits per heavy atom. The molecular weight excluding hydrogens is 444 g/mol. The molecule has 0 aliphatic carbocycles. The summed E-state index contributed by atoms with van der Waals surface area (Å²) in [7, 11) is 0. The highest BCUT2D eigenvalue weighted by molar-refractivity contribution is 5.95. The van der Waals surface area contributed by atoms with Gasteiger partial charge in [-0.25, -0.2) is 0 Å². The molecule has 3 N–H and O–H groups in total. The van der Waals surface area contributed by atoms with E-state index in [-0.39, 0.29) is 24.9 Å². The van der Waals surface area contributed by atoms with Gasteiger partial charge in [0.25, 0.3) is 5.91 Å². The first kappa shape index (κ1) is 24.1. The maximum atomic E-state index is 12.7. The van der Waals surface area contributed by atoms with Crippen LogP contribution in [0.25, 0.3) is 22.5 Å². The van der Waals surface area contributed by atoms with Gasteiger partial charge < -0.3 is 15.3 Å². The van der Waals surface area contributed by atoms with E-state index in [4.69, 9.17) is 5.11 Å². The number of tetrazole rings is 1. The van der Waals surface area contributed by atoms with Crippen LogP contribution in [0.15, 0.2) is 59.8 Å². The number of carbonyl (C=O) groups is 2. The Morgan fingerprint density at radius 3 is 2.51 bits per heavy atom. The van der Waals surface area contributed by atoms with E-state index >= 15 is 0 Å². The molecule has 0 bridgehead atoms. The Labute approximate surface area is 204 Å². The topological polar surface area (TPSA) is 124 Å². The molecule has 9 heteroatoms. The number of H-pyrrole nitrogens is 1. The molecule has 4 rings (SSSR count). The number of aromatic amines is 1. The van der Waals surface area contributed by atoms with E-state index in [9.17, 15) is 9.59 Å². The Hall–Kier alpha value is -4.01. The largest absolute Gasteiger partial charge is 0.481 e. The third-order valence-corrected chi connectivity index (χ3v) is 6.37. The van der Waals surface area contributed by atoms with Gasteiger partial charge in [-0.2, -0.15) is 5.21 Å². The van der Waals surface area contributed by atoms with E-state index in [1.165, 1.54) is 0 Å². The molecule has 2 aromatic carbocycles. The fraction of sp³-hybridized carbons (Fsp3) is 0.346. The number of nitrogens with zero attached hydrogens (tertiary/aromatic N) is 4. The molecule has 35 heavy (non-hydrogen) atoms. The second-order valence-corrected chi connectivity index (χ2v) is 8.70. The fourth-order valence-corrected chi connectivity index (χ4v) is 4.46. The molecule has 0 fully saturated rings. The lowest BCUT2D eigenvalue weighted by molar-refractivity contribution is -0.137. The van der Waals surface area contributed by atoms with Gasteiger partial charge in [-0.05, 0) is 48.1 Å². The molecule has 1 aliphatic rings. The quantitative estimate of drug-likeness (QED) is 0.404. The maximum absolute atomic E-state index is 12.7. The molecule has 1 atom stereocenters. The van der Waals surface area contributed by atoms with Crippen molar-refractivity contribution in [1.82, 2.24) is 30.8 Å². The van der Waals surface area contributed by atoms with Crippen molar-refractivity contribution in [2.75, 3.05) is 0 Å². The summed E-state index contributed by atoms with van der Waals surface area (Å²) in [5.74, 6) is -0.522. The SMILES string of the molecule is CCCCC1NC(=O)C(CCC(=O)O)=C(C)N1Cc1ccc(-c2ccccc2-c2nn[nH]n2)cc1. The van der Waals surface area contributed by atoms with E-state index in [1.807, 2.05) is 31.2 Å². The summed E-state index contributed by atoms with van der Waals surface area (Å²) < 4.78 is 0. The van der Waals surface area contributed by atoms with E-state index in [0.717, 1.165) is 47.2 Å². The number of hydrogen-bond donors (Lipinski definition) is 3. The van der Waals surface area contributed by atoms with Crippen molar-refractivity contribution in [1.29, 1.82) is 0 Å². The minimum atomic E-state index is -0.908. The van der Waals surface area contributed by atoms with E-state index < -0.39 is 5.97 Å². The highest BCUT2D eigenvalue weighted by Gasteiger charge is 2.30. The van der Waals surface area contributed by atoms with Crippen molar-refractivity contribution in [3.8, 4) is 22.5 Å². The number of carbonyl (C=O) groups excluding carboxylic acids is 1. The standard InChI is InChI=1S/C26H30N6O3/c1-3-4-9-23-27-26(35)20(14-15-24(33)34)17(2)32(23)16-18-10-12-19(13-11-18)21-7-5-6-8-22(21)25-28-30-31-29-25/h5-8,10-13,23H,3-4,9,14-16H2,1-2H3,(H,27,35)(H,33,34)(H,28,29,30,31). The molecule has 1 aliphatic heterocycles. The number of unbranched alkanes of at least 4 members (excludes halogenated alkanes) is 1.